The fourth-order valence-corrected chi connectivity index (χ4v) is 8.69. The van der Waals surface area contributed by atoms with Crippen molar-refractivity contribution in [1.82, 2.24) is 4.90 Å². The number of carbonyl (C=O) groups is 1. The second-order valence-corrected chi connectivity index (χ2v) is 14.3. The number of nitriles is 1. The highest BCUT2D eigenvalue weighted by Gasteiger charge is 2.65. The molecule has 1 saturated heterocycles. The summed E-state index contributed by atoms with van der Waals surface area (Å²) in [4.78, 5) is 22.1. The van der Waals surface area contributed by atoms with Gasteiger partial charge in [-0.3, -0.25) is 4.79 Å². The number of allylic oxidation sites excluding steroid dienone is 1. The molecule has 7 atom stereocenters. The van der Waals surface area contributed by atoms with Gasteiger partial charge in [0.25, 0.3) is 5.91 Å². The lowest BCUT2D eigenvalue weighted by atomic mass is 9.55. The van der Waals surface area contributed by atoms with Gasteiger partial charge in [-0.1, -0.05) is 30.1 Å². The molecule has 0 radical (unpaired) electrons. The molecule has 278 valence electrons. The SMILES string of the molecule is C=CCOC12Oc3ccc(O)cc3C3C(CCCCO)C(CCCCO)C=C(C(=NOC4CCCCO4)CC1N(C)C(=O)c1ccc(C#N)cc1)C32. The van der Waals surface area contributed by atoms with Gasteiger partial charge in [-0.05, 0) is 98.4 Å². The Bertz CT molecular complexity index is 1660. The summed E-state index contributed by atoms with van der Waals surface area (Å²) in [5.41, 5.74) is 3.32. The van der Waals surface area contributed by atoms with Crippen molar-refractivity contribution in [2.45, 2.75) is 88.2 Å². The topological polar surface area (TPSA) is 154 Å². The van der Waals surface area contributed by atoms with Gasteiger partial charge in [0.05, 0.1) is 36.5 Å². The van der Waals surface area contributed by atoms with Crippen LogP contribution in [-0.2, 0) is 14.3 Å². The van der Waals surface area contributed by atoms with Crippen molar-refractivity contribution in [2.24, 2.45) is 22.9 Å². The first-order valence-corrected chi connectivity index (χ1v) is 18.7. The van der Waals surface area contributed by atoms with Crippen molar-refractivity contribution >= 4 is 11.6 Å². The van der Waals surface area contributed by atoms with Crippen LogP contribution < -0.4 is 4.74 Å². The van der Waals surface area contributed by atoms with E-state index in [1.165, 1.54) is 0 Å². The third-order valence-electron chi connectivity index (χ3n) is 11.1. The number of aliphatic hydroxyl groups is 2. The van der Waals surface area contributed by atoms with Gasteiger partial charge in [-0.15, -0.1) is 6.58 Å². The number of phenols is 1. The molecule has 0 spiro atoms. The molecule has 11 nitrogen and oxygen atoms in total. The summed E-state index contributed by atoms with van der Waals surface area (Å²) >= 11 is 0. The highest BCUT2D eigenvalue weighted by molar-refractivity contribution is 6.03. The maximum Gasteiger partial charge on any atom is 0.254 e. The highest BCUT2D eigenvalue weighted by atomic mass is 16.8. The van der Waals surface area contributed by atoms with Crippen molar-refractivity contribution in [3.8, 4) is 17.6 Å². The van der Waals surface area contributed by atoms with Crippen LogP contribution in [0.15, 0.2) is 71.9 Å². The second kappa shape index (κ2) is 17.1. The zero-order valence-corrected chi connectivity index (χ0v) is 30.0. The fourth-order valence-electron chi connectivity index (χ4n) is 8.69. The molecule has 52 heavy (non-hydrogen) atoms. The Morgan fingerprint density at radius 1 is 1.12 bits per heavy atom. The molecule has 2 aliphatic carbocycles. The number of phenolic OH excluding ortho intramolecular Hbond substituents is 1. The van der Waals surface area contributed by atoms with Crippen LogP contribution in [0.25, 0.3) is 0 Å². The number of carbonyl (C=O) groups excluding carboxylic acids is 1. The average Bonchev–Trinajstić information content (AvgIpc) is 3.17. The van der Waals surface area contributed by atoms with E-state index in [1.807, 2.05) is 0 Å². The van der Waals surface area contributed by atoms with E-state index in [0.717, 1.165) is 56.1 Å². The van der Waals surface area contributed by atoms with E-state index in [9.17, 15) is 25.4 Å². The molecule has 4 aliphatic rings. The molecule has 2 heterocycles. The van der Waals surface area contributed by atoms with Gasteiger partial charge in [0.2, 0.25) is 12.1 Å². The van der Waals surface area contributed by atoms with E-state index in [-0.39, 0.29) is 55.7 Å². The Hall–Kier alpha value is -4.21. The van der Waals surface area contributed by atoms with Gasteiger partial charge in [-0.25, -0.2) is 0 Å². The first kappa shape index (κ1) is 37.5. The Kier molecular flexibility index (Phi) is 12.3. The first-order chi connectivity index (χ1) is 25.3. The molecule has 0 bridgehead atoms. The van der Waals surface area contributed by atoms with Crippen molar-refractivity contribution in [3.63, 3.8) is 0 Å². The van der Waals surface area contributed by atoms with E-state index >= 15 is 0 Å². The summed E-state index contributed by atoms with van der Waals surface area (Å²) in [6, 6.07) is 13.1. The molecule has 7 unspecified atom stereocenters. The van der Waals surface area contributed by atoms with Gasteiger partial charge in [0, 0.05) is 50.1 Å². The molecule has 2 fully saturated rings. The number of likely N-dealkylation sites (N-methyl/N-ethyl adjacent to an activating group) is 1. The predicted molar refractivity (Wildman–Crippen MR) is 195 cm³/mol. The quantitative estimate of drug-likeness (QED) is 0.111. The minimum absolute atomic E-state index is 0.0530. The van der Waals surface area contributed by atoms with Crippen LogP contribution in [0.4, 0.5) is 0 Å². The summed E-state index contributed by atoms with van der Waals surface area (Å²) < 4.78 is 19.8. The van der Waals surface area contributed by atoms with Gasteiger partial charge in [0.1, 0.15) is 17.5 Å². The number of rotatable bonds is 15. The minimum atomic E-state index is -1.39. The summed E-state index contributed by atoms with van der Waals surface area (Å²) in [5.74, 6) is -1.53. The highest BCUT2D eigenvalue weighted by Crippen LogP contribution is 2.61. The van der Waals surface area contributed by atoms with Crippen LogP contribution in [0, 0.1) is 29.1 Å². The lowest BCUT2D eigenvalue weighted by Crippen LogP contribution is -2.69. The van der Waals surface area contributed by atoms with Gasteiger partial charge >= 0.3 is 0 Å². The van der Waals surface area contributed by atoms with Gasteiger partial charge in [-0.2, -0.15) is 5.26 Å². The largest absolute Gasteiger partial charge is 0.508 e. The van der Waals surface area contributed by atoms with Crippen molar-refractivity contribution in [3.05, 3.63) is 83.5 Å². The smallest absolute Gasteiger partial charge is 0.254 e. The molecular weight excluding hydrogens is 662 g/mol. The lowest BCUT2D eigenvalue weighted by Gasteiger charge is -2.59. The molecule has 1 amide bonds. The molecule has 1 saturated carbocycles. The Morgan fingerprint density at radius 3 is 2.58 bits per heavy atom. The van der Waals surface area contributed by atoms with Crippen LogP contribution in [0.1, 0.15) is 91.6 Å². The lowest BCUT2D eigenvalue weighted by molar-refractivity contribution is -0.252. The number of fused-ring (bicyclic) bond motifs is 2. The van der Waals surface area contributed by atoms with E-state index in [0.29, 0.717) is 42.0 Å². The first-order valence-electron chi connectivity index (χ1n) is 18.7. The van der Waals surface area contributed by atoms with Gasteiger partial charge < -0.3 is 39.3 Å². The Labute approximate surface area is 306 Å². The van der Waals surface area contributed by atoms with E-state index in [2.05, 4.69) is 18.7 Å². The number of hydrogen-bond donors (Lipinski definition) is 3. The number of benzene rings is 2. The zero-order valence-electron chi connectivity index (χ0n) is 30.0. The third kappa shape index (κ3) is 7.62. The average molecular weight is 714 g/mol. The van der Waals surface area contributed by atoms with Crippen LogP contribution in [0.3, 0.4) is 0 Å². The van der Waals surface area contributed by atoms with E-state index < -0.39 is 24.0 Å². The summed E-state index contributed by atoms with van der Waals surface area (Å²) in [6.07, 6.45) is 11.0. The predicted octanol–water partition coefficient (Wildman–Crippen LogP) is 6.20. The Balaban J connectivity index is 1.54. The molecular formula is C41H51N3O8. The van der Waals surface area contributed by atoms with E-state index in [4.69, 9.17) is 24.2 Å². The summed E-state index contributed by atoms with van der Waals surface area (Å²) in [7, 11) is 1.74. The monoisotopic (exact) mass is 713 g/mol. The number of aromatic hydroxyl groups is 1. The Morgan fingerprint density at radius 2 is 1.88 bits per heavy atom. The molecule has 11 heteroatoms. The van der Waals surface area contributed by atoms with Crippen LogP contribution in [0.2, 0.25) is 0 Å². The maximum absolute atomic E-state index is 14.3. The molecule has 2 aliphatic heterocycles. The number of amides is 1. The van der Waals surface area contributed by atoms with Crippen LogP contribution in [-0.4, -0.2) is 83.4 Å². The number of hydrogen-bond acceptors (Lipinski definition) is 10. The number of nitrogens with zero attached hydrogens (tertiary/aromatic N) is 3. The van der Waals surface area contributed by atoms with Crippen LogP contribution in [0.5, 0.6) is 11.5 Å². The number of ether oxygens (including phenoxy) is 3. The summed E-state index contributed by atoms with van der Waals surface area (Å²) in [5, 5.41) is 44.6. The summed E-state index contributed by atoms with van der Waals surface area (Å²) in [6.45, 7) is 4.90. The molecule has 3 N–H and O–H groups in total. The molecule has 0 aromatic heterocycles. The standard InChI is InChI=1S/C41H51N3O8/c1-3-21-50-41-36(44(2)40(48)28-15-13-27(26-42)14-16-28)25-34(43-52-37-12-6-9-22-49-37)32-23-29(10-4-7-19-45)31(11-5-8-20-46)38(39(32)41)33-24-30(47)17-18-35(33)51-41/h3,13-18,23-24,29,31,36-39,45-47H,1,4-12,19-22,25H2,2H3. The second-order valence-electron chi connectivity index (χ2n) is 14.3. The normalized spacial score (nSPS) is 28.4. The number of aliphatic hydroxyl groups excluding tert-OH is 2. The molecule has 2 aromatic carbocycles. The van der Waals surface area contributed by atoms with Crippen LogP contribution >= 0.6 is 0 Å². The van der Waals surface area contributed by atoms with E-state index in [1.54, 1.807) is 60.5 Å². The zero-order chi connectivity index (χ0) is 36.7. The molecule has 2 aromatic rings. The third-order valence-corrected chi connectivity index (χ3v) is 11.1. The van der Waals surface area contributed by atoms with Gasteiger partial charge in [0.15, 0.2) is 0 Å². The molecule has 6 rings (SSSR count). The maximum atomic E-state index is 14.3. The number of unbranched alkanes of at least 4 members (excludes halogenated alkanes) is 2. The van der Waals surface area contributed by atoms with Crippen molar-refractivity contribution < 1.29 is 39.2 Å². The van der Waals surface area contributed by atoms with Crippen molar-refractivity contribution in [2.75, 3.05) is 33.5 Å². The fraction of sp³-hybridized carbons (Fsp3) is 0.537. The van der Waals surface area contributed by atoms with Crippen molar-refractivity contribution in [1.29, 1.82) is 5.26 Å². The number of oxime groups is 1. The minimum Gasteiger partial charge on any atom is -0.508 e.